The van der Waals surface area contributed by atoms with E-state index in [1.54, 1.807) is 0 Å². The molecule has 0 aliphatic carbocycles. The molecule has 0 amide bonds. The number of aryl methyl sites for hydroxylation is 1. The van der Waals surface area contributed by atoms with Crippen LogP contribution >= 0.6 is 0 Å². The number of nitrogens with two attached hydrogens (primary N) is 1. The van der Waals surface area contributed by atoms with Crippen LogP contribution < -0.4 is 10.6 Å². The van der Waals surface area contributed by atoms with Gasteiger partial charge in [0.1, 0.15) is 0 Å². The molecule has 0 aromatic heterocycles. The highest BCUT2D eigenvalue weighted by Gasteiger charge is 2.23. The number of aliphatic carboxylic acids is 1. The summed E-state index contributed by atoms with van der Waals surface area (Å²) >= 11 is 0. The second kappa shape index (κ2) is 4.99. The van der Waals surface area contributed by atoms with Crippen molar-refractivity contribution >= 4 is 11.7 Å². The molecule has 16 heavy (non-hydrogen) atoms. The van der Waals surface area contributed by atoms with Gasteiger partial charge in [0.05, 0.1) is 5.92 Å². The van der Waals surface area contributed by atoms with Crippen LogP contribution in [0.5, 0.6) is 0 Å². The quantitative estimate of drug-likeness (QED) is 0.803. The average molecular weight is 222 g/mol. The topological polar surface area (TPSA) is 66.6 Å². The molecule has 0 aliphatic rings. The number of carboxylic acids is 1. The molecule has 1 rings (SSSR count). The summed E-state index contributed by atoms with van der Waals surface area (Å²) in [5, 5.41) is 9.16. The zero-order chi connectivity index (χ0) is 12.3. The zero-order valence-corrected chi connectivity index (χ0v) is 9.90. The molecule has 1 aromatic rings. The minimum Gasteiger partial charge on any atom is -0.481 e. The molecular formula is C12H18N2O2. The van der Waals surface area contributed by atoms with Gasteiger partial charge in [-0.2, -0.15) is 0 Å². The summed E-state index contributed by atoms with van der Waals surface area (Å²) in [7, 11) is 3.79. The molecule has 0 saturated heterocycles. The second-order valence-electron chi connectivity index (χ2n) is 4.03. The molecule has 3 N–H and O–H groups in total. The van der Waals surface area contributed by atoms with Crippen LogP contribution in [0.2, 0.25) is 0 Å². The van der Waals surface area contributed by atoms with Gasteiger partial charge in [-0.15, -0.1) is 0 Å². The van der Waals surface area contributed by atoms with Gasteiger partial charge in [0, 0.05) is 26.3 Å². The van der Waals surface area contributed by atoms with Crippen molar-refractivity contribution in [3.8, 4) is 0 Å². The van der Waals surface area contributed by atoms with E-state index >= 15 is 0 Å². The van der Waals surface area contributed by atoms with Gasteiger partial charge in [0.2, 0.25) is 0 Å². The molecule has 4 nitrogen and oxygen atoms in total. The maximum atomic E-state index is 11.2. The molecule has 1 aromatic carbocycles. The summed E-state index contributed by atoms with van der Waals surface area (Å²) in [5.41, 5.74) is 8.23. The first-order valence-corrected chi connectivity index (χ1v) is 5.18. The Morgan fingerprint density at radius 1 is 1.50 bits per heavy atom. The first-order chi connectivity index (χ1) is 7.49. The van der Waals surface area contributed by atoms with Gasteiger partial charge in [-0.1, -0.05) is 12.1 Å². The van der Waals surface area contributed by atoms with Gasteiger partial charge >= 0.3 is 5.97 Å². The average Bonchev–Trinajstić information content (AvgIpc) is 2.20. The predicted molar refractivity (Wildman–Crippen MR) is 64.9 cm³/mol. The van der Waals surface area contributed by atoms with E-state index < -0.39 is 11.9 Å². The van der Waals surface area contributed by atoms with E-state index in [0.29, 0.717) is 0 Å². The Hall–Kier alpha value is -1.55. The molecule has 1 unspecified atom stereocenters. The van der Waals surface area contributed by atoms with Crippen molar-refractivity contribution in [3.63, 3.8) is 0 Å². The Balaban J connectivity index is 3.34. The highest BCUT2D eigenvalue weighted by Crippen LogP contribution is 2.29. The van der Waals surface area contributed by atoms with Gasteiger partial charge in [-0.25, -0.2) is 0 Å². The number of benzene rings is 1. The fraction of sp³-hybridized carbons (Fsp3) is 0.417. The van der Waals surface area contributed by atoms with Gasteiger partial charge in [-0.05, 0) is 24.1 Å². The molecule has 1 atom stereocenters. The number of carbonyl (C=O) groups is 1. The maximum Gasteiger partial charge on any atom is 0.312 e. The van der Waals surface area contributed by atoms with Crippen molar-refractivity contribution in [1.29, 1.82) is 0 Å². The van der Waals surface area contributed by atoms with Crippen LogP contribution in [0.3, 0.4) is 0 Å². The molecule has 0 fully saturated rings. The SMILES string of the molecule is Cc1cccc(N(C)C)c1C(CN)C(=O)O. The Bertz CT molecular complexity index is 389. The van der Waals surface area contributed by atoms with Gasteiger partial charge in [-0.3, -0.25) is 4.79 Å². The fourth-order valence-corrected chi connectivity index (χ4v) is 1.85. The van der Waals surface area contributed by atoms with E-state index in [-0.39, 0.29) is 6.54 Å². The van der Waals surface area contributed by atoms with Crippen molar-refractivity contribution in [2.75, 3.05) is 25.5 Å². The normalized spacial score (nSPS) is 12.2. The number of rotatable bonds is 4. The van der Waals surface area contributed by atoms with Gasteiger partial charge < -0.3 is 15.7 Å². The van der Waals surface area contributed by atoms with Crippen LogP contribution in [0.4, 0.5) is 5.69 Å². The third-order valence-corrected chi connectivity index (χ3v) is 2.67. The third-order valence-electron chi connectivity index (χ3n) is 2.67. The van der Waals surface area contributed by atoms with E-state index in [1.165, 1.54) is 0 Å². The van der Waals surface area contributed by atoms with E-state index in [9.17, 15) is 4.79 Å². The van der Waals surface area contributed by atoms with Crippen molar-refractivity contribution in [2.45, 2.75) is 12.8 Å². The summed E-state index contributed by atoms with van der Waals surface area (Å²) in [4.78, 5) is 13.1. The van der Waals surface area contributed by atoms with Crippen LogP contribution in [0, 0.1) is 6.92 Å². The van der Waals surface area contributed by atoms with E-state index in [2.05, 4.69) is 0 Å². The Labute approximate surface area is 95.7 Å². The molecule has 0 radical (unpaired) electrons. The monoisotopic (exact) mass is 222 g/mol. The first kappa shape index (κ1) is 12.5. The largest absolute Gasteiger partial charge is 0.481 e. The van der Waals surface area contributed by atoms with Crippen LogP contribution in [0.15, 0.2) is 18.2 Å². The van der Waals surface area contributed by atoms with Crippen molar-refractivity contribution in [2.24, 2.45) is 5.73 Å². The summed E-state index contributed by atoms with van der Waals surface area (Å²) < 4.78 is 0. The fourth-order valence-electron chi connectivity index (χ4n) is 1.85. The van der Waals surface area contributed by atoms with Crippen LogP contribution in [0.1, 0.15) is 17.0 Å². The molecule has 0 aliphatic heterocycles. The standard InChI is InChI=1S/C12H18N2O2/c1-8-5-4-6-10(14(2)3)11(8)9(7-13)12(15)16/h4-6,9H,7,13H2,1-3H3,(H,15,16). The molecule has 0 heterocycles. The van der Waals surface area contributed by atoms with Gasteiger partial charge in [0.25, 0.3) is 0 Å². The predicted octanol–water partition coefficient (Wildman–Crippen LogP) is 1.19. The zero-order valence-electron chi connectivity index (χ0n) is 9.90. The minimum absolute atomic E-state index is 0.112. The van der Waals surface area contributed by atoms with E-state index in [1.807, 2.05) is 44.1 Å². The summed E-state index contributed by atoms with van der Waals surface area (Å²) in [6.07, 6.45) is 0. The number of carboxylic acid groups (broad SMARTS) is 1. The van der Waals surface area contributed by atoms with E-state index in [0.717, 1.165) is 16.8 Å². The molecule has 0 spiro atoms. The molecule has 0 saturated carbocycles. The smallest absolute Gasteiger partial charge is 0.312 e. The number of nitrogens with zero attached hydrogens (tertiary/aromatic N) is 1. The lowest BCUT2D eigenvalue weighted by Crippen LogP contribution is -2.24. The second-order valence-corrected chi connectivity index (χ2v) is 4.03. The summed E-state index contributed by atoms with van der Waals surface area (Å²) in [6, 6.07) is 5.74. The highest BCUT2D eigenvalue weighted by molar-refractivity contribution is 5.80. The lowest BCUT2D eigenvalue weighted by Gasteiger charge is -2.22. The minimum atomic E-state index is -0.875. The third kappa shape index (κ3) is 2.33. The van der Waals surface area contributed by atoms with Crippen LogP contribution in [-0.2, 0) is 4.79 Å². The molecular weight excluding hydrogens is 204 g/mol. The molecule has 4 heteroatoms. The number of hydrogen-bond acceptors (Lipinski definition) is 3. The molecule has 0 bridgehead atoms. The lowest BCUT2D eigenvalue weighted by molar-refractivity contribution is -0.138. The Kier molecular flexibility index (Phi) is 3.90. The summed E-state index contributed by atoms with van der Waals surface area (Å²) in [6.45, 7) is 2.02. The molecule has 88 valence electrons. The van der Waals surface area contributed by atoms with Crippen molar-refractivity contribution in [3.05, 3.63) is 29.3 Å². The summed E-state index contributed by atoms with van der Waals surface area (Å²) in [5.74, 6) is -1.52. The number of anilines is 1. The highest BCUT2D eigenvalue weighted by atomic mass is 16.4. The number of hydrogen-bond donors (Lipinski definition) is 2. The maximum absolute atomic E-state index is 11.2. The van der Waals surface area contributed by atoms with Crippen LogP contribution in [0.25, 0.3) is 0 Å². The van der Waals surface area contributed by atoms with Crippen molar-refractivity contribution < 1.29 is 9.90 Å². The van der Waals surface area contributed by atoms with E-state index in [4.69, 9.17) is 10.8 Å². The lowest BCUT2D eigenvalue weighted by atomic mass is 9.92. The first-order valence-electron chi connectivity index (χ1n) is 5.18. The Morgan fingerprint density at radius 2 is 2.12 bits per heavy atom. The van der Waals surface area contributed by atoms with Crippen molar-refractivity contribution in [1.82, 2.24) is 0 Å². The van der Waals surface area contributed by atoms with Gasteiger partial charge in [0.15, 0.2) is 0 Å². The van der Waals surface area contributed by atoms with Crippen LogP contribution in [-0.4, -0.2) is 31.7 Å². The Morgan fingerprint density at radius 3 is 2.56 bits per heavy atom.